The number of hydrogen-bond donors (Lipinski definition) is 1. The Bertz CT molecular complexity index is 349. The summed E-state index contributed by atoms with van der Waals surface area (Å²) in [6.45, 7) is 0.968. The quantitative estimate of drug-likeness (QED) is 0.919. The highest BCUT2D eigenvalue weighted by molar-refractivity contribution is 9.10. The molecule has 94 valence electrons. The van der Waals surface area contributed by atoms with Gasteiger partial charge in [0.2, 0.25) is 5.95 Å². The van der Waals surface area contributed by atoms with E-state index in [1.165, 1.54) is 32.1 Å². The molecule has 0 radical (unpaired) electrons. The average molecular weight is 316 g/mol. The van der Waals surface area contributed by atoms with Crippen molar-refractivity contribution in [3.05, 3.63) is 16.9 Å². The standard InChI is InChI=1S/C12H18BrN3S/c1-17-12(5-3-2-4-6-12)9-16-11-14-7-10(13)8-15-11/h7-8H,2-6,9H2,1H3,(H,14,15,16). The minimum atomic E-state index is 0.384. The Kier molecular flexibility index (Phi) is 4.68. The van der Waals surface area contributed by atoms with Crippen LogP contribution in [0.15, 0.2) is 16.9 Å². The molecule has 1 saturated carbocycles. The lowest BCUT2D eigenvalue weighted by Crippen LogP contribution is -2.35. The molecule has 1 aromatic rings. The van der Waals surface area contributed by atoms with Crippen LogP contribution >= 0.6 is 27.7 Å². The largest absolute Gasteiger partial charge is 0.353 e. The monoisotopic (exact) mass is 315 g/mol. The van der Waals surface area contributed by atoms with Crippen molar-refractivity contribution in [2.75, 3.05) is 18.1 Å². The van der Waals surface area contributed by atoms with Crippen molar-refractivity contribution in [3.8, 4) is 0 Å². The zero-order valence-corrected chi connectivity index (χ0v) is 12.5. The van der Waals surface area contributed by atoms with Crippen molar-refractivity contribution in [3.63, 3.8) is 0 Å². The number of anilines is 1. The molecule has 1 heterocycles. The van der Waals surface area contributed by atoms with Gasteiger partial charge in [0, 0.05) is 23.7 Å². The molecular weight excluding hydrogens is 298 g/mol. The summed E-state index contributed by atoms with van der Waals surface area (Å²) in [5.74, 6) is 0.729. The summed E-state index contributed by atoms with van der Waals surface area (Å²) in [6, 6.07) is 0. The van der Waals surface area contributed by atoms with E-state index in [0.29, 0.717) is 4.75 Å². The third-order valence-corrected chi connectivity index (χ3v) is 5.21. The summed E-state index contributed by atoms with van der Waals surface area (Å²) in [5.41, 5.74) is 0. The lowest BCUT2D eigenvalue weighted by atomic mass is 9.88. The van der Waals surface area contributed by atoms with Gasteiger partial charge in [-0.1, -0.05) is 19.3 Å². The summed E-state index contributed by atoms with van der Waals surface area (Å²) in [5, 5.41) is 3.37. The fourth-order valence-electron chi connectivity index (χ4n) is 2.29. The van der Waals surface area contributed by atoms with E-state index in [1.807, 2.05) is 11.8 Å². The van der Waals surface area contributed by atoms with E-state index < -0.39 is 0 Å². The van der Waals surface area contributed by atoms with E-state index in [9.17, 15) is 0 Å². The topological polar surface area (TPSA) is 37.8 Å². The normalized spacial score (nSPS) is 18.9. The molecular formula is C12H18BrN3S. The molecule has 1 aromatic heterocycles. The number of thioether (sulfide) groups is 1. The number of aromatic nitrogens is 2. The van der Waals surface area contributed by atoms with Gasteiger partial charge in [-0.05, 0) is 35.0 Å². The molecule has 1 aliphatic rings. The van der Waals surface area contributed by atoms with Gasteiger partial charge < -0.3 is 5.32 Å². The molecule has 0 bridgehead atoms. The van der Waals surface area contributed by atoms with Crippen molar-refractivity contribution in [1.82, 2.24) is 9.97 Å². The minimum Gasteiger partial charge on any atom is -0.353 e. The summed E-state index contributed by atoms with van der Waals surface area (Å²) < 4.78 is 1.30. The molecule has 2 rings (SSSR count). The maximum absolute atomic E-state index is 4.25. The van der Waals surface area contributed by atoms with Crippen LogP contribution in [0.3, 0.4) is 0 Å². The van der Waals surface area contributed by atoms with E-state index in [0.717, 1.165) is 17.0 Å². The molecule has 0 atom stereocenters. The van der Waals surface area contributed by atoms with Crippen LogP contribution in [0.5, 0.6) is 0 Å². The van der Waals surface area contributed by atoms with Crippen molar-refractivity contribution in [2.45, 2.75) is 36.9 Å². The molecule has 1 N–H and O–H groups in total. The number of halogens is 1. The van der Waals surface area contributed by atoms with Crippen LogP contribution in [0.1, 0.15) is 32.1 Å². The zero-order chi connectivity index (χ0) is 12.1. The summed E-state index contributed by atoms with van der Waals surface area (Å²) in [4.78, 5) is 8.50. The smallest absolute Gasteiger partial charge is 0.222 e. The average Bonchev–Trinajstić information content (AvgIpc) is 2.39. The number of nitrogens with one attached hydrogen (secondary N) is 1. The molecule has 3 nitrogen and oxygen atoms in total. The number of rotatable bonds is 4. The predicted octanol–water partition coefficient (Wildman–Crippen LogP) is 3.72. The Labute approximate surface area is 115 Å². The minimum absolute atomic E-state index is 0.384. The van der Waals surface area contributed by atoms with Gasteiger partial charge in [-0.25, -0.2) is 9.97 Å². The van der Waals surface area contributed by atoms with E-state index in [1.54, 1.807) is 12.4 Å². The van der Waals surface area contributed by atoms with E-state index in [2.05, 4.69) is 37.5 Å². The maximum atomic E-state index is 4.25. The van der Waals surface area contributed by atoms with Crippen LogP contribution < -0.4 is 5.32 Å². The van der Waals surface area contributed by atoms with Gasteiger partial charge in [-0.2, -0.15) is 11.8 Å². The molecule has 1 aliphatic carbocycles. The Balaban J connectivity index is 1.93. The summed E-state index contributed by atoms with van der Waals surface area (Å²) >= 11 is 5.33. The van der Waals surface area contributed by atoms with E-state index >= 15 is 0 Å². The van der Waals surface area contributed by atoms with Crippen molar-refractivity contribution in [1.29, 1.82) is 0 Å². The molecule has 0 aromatic carbocycles. The van der Waals surface area contributed by atoms with Crippen LogP contribution in [0.4, 0.5) is 5.95 Å². The number of nitrogens with zero attached hydrogens (tertiary/aromatic N) is 2. The molecule has 5 heteroatoms. The molecule has 0 spiro atoms. The van der Waals surface area contributed by atoms with Gasteiger partial charge >= 0.3 is 0 Å². The molecule has 0 saturated heterocycles. The molecule has 0 amide bonds. The lowest BCUT2D eigenvalue weighted by molar-refractivity contribution is 0.411. The van der Waals surface area contributed by atoms with Crippen LogP contribution in [-0.4, -0.2) is 27.5 Å². The van der Waals surface area contributed by atoms with E-state index in [4.69, 9.17) is 0 Å². The highest BCUT2D eigenvalue weighted by Crippen LogP contribution is 2.38. The van der Waals surface area contributed by atoms with Crippen molar-refractivity contribution in [2.24, 2.45) is 0 Å². The van der Waals surface area contributed by atoms with Gasteiger partial charge in [0.1, 0.15) is 0 Å². The SMILES string of the molecule is CSC1(CNc2ncc(Br)cn2)CCCCC1. The third-order valence-electron chi connectivity index (χ3n) is 3.39. The van der Waals surface area contributed by atoms with Crippen molar-refractivity contribution < 1.29 is 0 Å². The second-order valence-corrected chi connectivity index (χ2v) is 6.72. The van der Waals surface area contributed by atoms with Crippen LogP contribution in [0, 0.1) is 0 Å². The zero-order valence-electron chi connectivity index (χ0n) is 10.1. The summed E-state index contributed by atoms with van der Waals surface area (Å²) in [6.07, 6.45) is 12.5. The Morgan fingerprint density at radius 3 is 2.53 bits per heavy atom. The second-order valence-electron chi connectivity index (χ2n) is 4.53. The lowest BCUT2D eigenvalue weighted by Gasteiger charge is -2.35. The molecule has 0 aliphatic heterocycles. The second kappa shape index (κ2) is 6.05. The highest BCUT2D eigenvalue weighted by atomic mass is 79.9. The maximum Gasteiger partial charge on any atom is 0.222 e. The first-order valence-electron chi connectivity index (χ1n) is 6.01. The van der Waals surface area contributed by atoms with Gasteiger partial charge in [0.25, 0.3) is 0 Å². The first kappa shape index (κ1) is 13.1. The fraction of sp³-hybridized carbons (Fsp3) is 0.667. The molecule has 17 heavy (non-hydrogen) atoms. The van der Waals surface area contributed by atoms with Crippen LogP contribution in [0.25, 0.3) is 0 Å². The Morgan fingerprint density at radius 1 is 1.29 bits per heavy atom. The first-order valence-corrected chi connectivity index (χ1v) is 8.02. The third kappa shape index (κ3) is 3.58. The predicted molar refractivity (Wildman–Crippen MR) is 77.6 cm³/mol. The first-order chi connectivity index (χ1) is 8.24. The molecule has 0 unspecified atom stereocenters. The highest BCUT2D eigenvalue weighted by Gasteiger charge is 2.30. The van der Waals surface area contributed by atoms with Gasteiger partial charge in [-0.15, -0.1) is 0 Å². The van der Waals surface area contributed by atoms with Gasteiger partial charge in [-0.3, -0.25) is 0 Å². The van der Waals surface area contributed by atoms with E-state index in [-0.39, 0.29) is 0 Å². The van der Waals surface area contributed by atoms with Crippen LogP contribution in [0.2, 0.25) is 0 Å². The Hall–Kier alpha value is -0.290. The van der Waals surface area contributed by atoms with Crippen molar-refractivity contribution >= 4 is 33.6 Å². The molecule has 1 fully saturated rings. The van der Waals surface area contributed by atoms with Gasteiger partial charge in [0.05, 0.1) is 4.47 Å². The van der Waals surface area contributed by atoms with Gasteiger partial charge in [0.15, 0.2) is 0 Å². The summed E-state index contributed by atoms with van der Waals surface area (Å²) in [7, 11) is 0. The number of hydrogen-bond acceptors (Lipinski definition) is 4. The fourth-order valence-corrected chi connectivity index (χ4v) is 3.41. The Morgan fingerprint density at radius 2 is 1.94 bits per heavy atom. The van der Waals surface area contributed by atoms with Crippen LogP contribution in [-0.2, 0) is 0 Å².